The molecule has 0 unspecified atom stereocenters. The van der Waals surface area contributed by atoms with E-state index in [0.29, 0.717) is 0 Å². The Labute approximate surface area is 202 Å². The van der Waals surface area contributed by atoms with Gasteiger partial charge in [-0.3, -0.25) is 0 Å². The molecule has 0 amide bonds. The zero-order valence-electron chi connectivity index (χ0n) is 19.8. The summed E-state index contributed by atoms with van der Waals surface area (Å²) in [6.45, 7) is 2.17. The third kappa shape index (κ3) is 4.29. The second kappa shape index (κ2) is 8.95. The van der Waals surface area contributed by atoms with Crippen molar-refractivity contribution in [1.29, 1.82) is 0 Å². The van der Waals surface area contributed by atoms with Gasteiger partial charge in [-0.15, -0.1) is 0 Å². The Hall–Kier alpha value is -3.64. The molecule has 1 aliphatic carbocycles. The third-order valence-corrected chi connectivity index (χ3v) is 7.18. The van der Waals surface area contributed by atoms with E-state index in [4.69, 9.17) is 0 Å². The first kappa shape index (κ1) is 20.9. The molecule has 0 heteroatoms. The van der Waals surface area contributed by atoms with Crippen LogP contribution < -0.4 is 0 Å². The van der Waals surface area contributed by atoms with Crippen LogP contribution in [0, 0.1) is 6.92 Å². The van der Waals surface area contributed by atoms with Crippen LogP contribution in [0.3, 0.4) is 0 Å². The van der Waals surface area contributed by atoms with E-state index in [-0.39, 0.29) is 0 Å². The van der Waals surface area contributed by atoms with Crippen molar-refractivity contribution in [3.63, 3.8) is 0 Å². The van der Waals surface area contributed by atoms with E-state index in [2.05, 4.69) is 116 Å². The van der Waals surface area contributed by atoms with Crippen molar-refractivity contribution in [1.82, 2.24) is 0 Å². The summed E-state index contributed by atoms with van der Waals surface area (Å²) in [5.41, 5.74) is 10.9. The number of rotatable bonds is 6. The Balaban J connectivity index is 1.47. The van der Waals surface area contributed by atoms with E-state index in [9.17, 15) is 0 Å². The number of benzene rings is 5. The fourth-order valence-corrected chi connectivity index (χ4v) is 5.26. The summed E-state index contributed by atoms with van der Waals surface area (Å²) < 4.78 is 0. The van der Waals surface area contributed by atoms with Crippen LogP contribution in [0.2, 0.25) is 0 Å². The first-order valence-corrected chi connectivity index (χ1v) is 12.5. The molecule has 0 N–H and O–H groups in total. The maximum absolute atomic E-state index is 2.45. The molecule has 0 aromatic heterocycles. The second-order valence-corrected chi connectivity index (χ2v) is 9.79. The van der Waals surface area contributed by atoms with Crippen LogP contribution in [-0.2, 0) is 12.8 Å². The van der Waals surface area contributed by atoms with E-state index >= 15 is 0 Å². The highest BCUT2D eigenvalue weighted by molar-refractivity contribution is 6.01. The molecular weight excluding hydrogens is 408 g/mol. The Morgan fingerprint density at radius 3 is 2.24 bits per heavy atom. The summed E-state index contributed by atoms with van der Waals surface area (Å²) in [4.78, 5) is 0. The van der Waals surface area contributed by atoms with Gasteiger partial charge in [0.15, 0.2) is 0 Å². The van der Waals surface area contributed by atoms with Gasteiger partial charge >= 0.3 is 0 Å². The number of hydrogen-bond acceptors (Lipinski definition) is 0. The average molecular weight is 439 g/mol. The van der Waals surface area contributed by atoms with Crippen molar-refractivity contribution in [2.24, 2.45) is 0 Å². The summed E-state index contributed by atoms with van der Waals surface area (Å²) in [5.74, 6) is 0.801. The van der Waals surface area contributed by atoms with Crippen molar-refractivity contribution < 1.29 is 0 Å². The number of hydrogen-bond donors (Lipinski definition) is 0. The fourth-order valence-electron chi connectivity index (χ4n) is 5.26. The van der Waals surface area contributed by atoms with Crippen LogP contribution in [0.25, 0.3) is 33.0 Å². The molecule has 1 saturated carbocycles. The van der Waals surface area contributed by atoms with Gasteiger partial charge < -0.3 is 0 Å². The van der Waals surface area contributed by atoms with Gasteiger partial charge in [-0.25, -0.2) is 0 Å². The normalized spacial score (nSPS) is 13.3. The van der Waals surface area contributed by atoms with Crippen LogP contribution in [0.15, 0.2) is 109 Å². The van der Waals surface area contributed by atoms with Gasteiger partial charge in [0.1, 0.15) is 0 Å². The monoisotopic (exact) mass is 438 g/mol. The molecule has 0 saturated heterocycles. The topological polar surface area (TPSA) is 0 Å². The van der Waals surface area contributed by atoms with Crippen LogP contribution in [0.1, 0.15) is 41.0 Å². The van der Waals surface area contributed by atoms with Gasteiger partial charge in [0, 0.05) is 0 Å². The maximum Gasteiger partial charge on any atom is -0.00728 e. The first-order chi connectivity index (χ1) is 16.7. The van der Waals surface area contributed by atoms with Crippen LogP contribution in [-0.4, -0.2) is 0 Å². The Bertz CT molecular complexity index is 1450. The molecule has 0 heterocycles. The lowest BCUT2D eigenvalue weighted by Gasteiger charge is -2.16. The minimum atomic E-state index is 0.801. The molecule has 0 radical (unpaired) electrons. The lowest BCUT2D eigenvalue weighted by atomic mass is 9.88. The van der Waals surface area contributed by atoms with E-state index in [1.807, 2.05) is 0 Å². The maximum atomic E-state index is 2.45. The largest absolute Gasteiger partial charge is 0.0622 e. The van der Waals surface area contributed by atoms with Crippen molar-refractivity contribution in [2.45, 2.75) is 38.5 Å². The highest BCUT2D eigenvalue weighted by Crippen LogP contribution is 2.40. The molecule has 0 spiro atoms. The lowest BCUT2D eigenvalue weighted by molar-refractivity contribution is 0.961. The molecule has 1 aliphatic rings. The Morgan fingerprint density at radius 2 is 1.41 bits per heavy atom. The number of fused-ring (bicyclic) bond motifs is 1. The summed E-state index contributed by atoms with van der Waals surface area (Å²) in [6, 6.07) is 40.6. The van der Waals surface area contributed by atoms with Crippen molar-refractivity contribution in [2.75, 3.05) is 0 Å². The van der Waals surface area contributed by atoms with E-state index in [1.165, 1.54) is 68.1 Å². The summed E-state index contributed by atoms with van der Waals surface area (Å²) in [5, 5.41) is 2.71. The van der Waals surface area contributed by atoms with Crippen LogP contribution >= 0.6 is 0 Å². The summed E-state index contributed by atoms with van der Waals surface area (Å²) in [6.07, 6.45) is 4.81. The van der Waals surface area contributed by atoms with Gasteiger partial charge in [-0.05, 0) is 94.3 Å². The van der Waals surface area contributed by atoms with Crippen LogP contribution in [0.5, 0.6) is 0 Å². The Morgan fingerprint density at radius 1 is 0.618 bits per heavy atom. The van der Waals surface area contributed by atoms with Gasteiger partial charge in [-0.1, -0.05) is 109 Å². The van der Waals surface area contributed by atoms with Gasteiger partial charge in [0.2, 0.25) is 0 Å². The lowest BCUT2D eigenvalue weighted by Crippen LogP contribution is -1.96. The summed E-state index contributed by atoms with van der Waals surface area (Å²) in [7, 11) is 0. The molecule has 1 fully saturated rings. The molecule has 0 atom stereocenters. The quantitative estimate of drug-likeness (QED) is 0.248. The first-order valence-electron chi connectivity index (χ1n) is 12.5. The van der Waals surface area contributed by atoms with E-state index in [1.54, 1.807) is 0 Å². The van der Waals surface area contributed by atoms with Crippen molar-refractivity contribution >= 4 is 10.8 Å². The van der Waals surface area contributed by atoms with Crippen molar-refractivity contribution in [3.8, 4) is 22.3 Å². The number of aryl methyl sites for hydroxylation is 3. The molecule has 5 aromatic carbocycles. The fraction of sp³-hybridized carbons (Fsp3) is 0.176. The van der Waals surface area contributed by atoms with Crippen LogP contribution in [0.4, 0.5) is 0 Å². The highest BCUT2D eigenvalue weighted by atomic mass is 14.3. The van der Waals surface area contributed by atoms with Gasteiger partial charge in [-0.2, -0.15) is 0 Å². The zero-order chi connectivity index (χ0) is 22.9. The average Bonchev–Trinajstić information content (AvgIpc) is 3.73. The molecule has 0 bridgehead atoms. The minimum Gasteiger partial charge on any atom is -0.0622 e. The van der Waals surface area contributed by atoms with E-state index < -0.39 is 0 Å². The third-order valence-electron chi connectivity index (χ3n) is 7.18. The molecule has 0 nitrogen and oxygen atoms in total. The SMILES string of the molecule is Cc1cccc(-c2cc(CCc3cccc(C4CC4)c3)c3c(-c4ccccc4)cccc3c2)c1. The standard InChI is InChI=1S/C34H30/c1-24-8-5-12-28(20-24)32-22-30-14-7-15-33(27-10-3-2-4-11-27)34(30)31(23-32)17-16-25-9-6-13-29(21-25)26-18-19-26/h2-15,20-23,26H,16-19H2,1H3. The molecule has 6 rings (SSSR count). The highest BCUT2D eigenvalue weighted by Gasteiger charge is 2.23. The predicted molar refractivity (Wildman–Crippen MR) is 145 cm³/mol. The summed E-state index contributed by atoms with van der Waals surface area (Å²) >= 11 is 0. The van der Waals surface area contributed by atoms with Crippen molar-refractivity contribution in [3.05, 3.63) is 131 Å². The Kier molecular flexibility index (Phi) is 5.51. The predicted octanol–water partition coefficient (Wildman–Crippen LogP) is 9.14. The van der Waals surface area contributed by atoms with Gasteiger partial charge in [0.25, 0.3) is 0 Å². The van der Waals surface area contributed by atoms with Gasteiger partial charge in [0.05, 0.1) is 0 Å². The molecule has 5 aromatic rings. The molecular formula is C34H30. The molecule has 166 valence electrons. The smallest absolute Gasteiger partial charge is 0.00728 e. The molecule has 34 heavy (non-hydrogen) atoms. The minimum absolute atomic E-state index is 0.801. The second-order valence-electron chi connectivity index (χ2n) is 9.79. The van der Waals surface area contributed by atoms with E-state index in [0.717, 1.165) is 18.8 Å². The molecule has 0 aliphatic heterocycles. The zero-order valence-corrected chi connectivity index (χ0v) is 19.8.